The SMILES string of the molecule is Cc1cccc2c1nc(CCl)n2Cc1cccc(C#N)c1. The number of benzene rings is 2. The summed E-state index contributed by atoms with van der Waals surface area (Å²) < 4.78 is 2.12. The molecule has 3 aromatic rings. The van der Waals surface area contributed by atoms with E-state index in [0.29, 0.717) is 18.0 Å². The molecule has 0 aliphatic carbocycles. The van der Waals surface area contributed by atoms with Crippen LogP contribution >= 0.6 is 11.6 Å². The number of aromatic nitrogens is 2. The molecule has 104 valence electrons. The molecule has 1 heterocycles. The molecular weight excluding hydrogens is 282 g/mol. The summed E-state index contributed by atoms with van der Waals surface area (Å²) >= 11 is 6.04. The smallest absolute Gasteiger partial charge is 0.125 e. The van der Waals surface area contributed by atoms with Crippen molar-refractivity contribution in [2.45, 2.75) is 19.3 Å². The molecule has 3 rings (SSSR count). The topological polar surface area (TPSA) is 41.6 Å². The molecule has 3 nitrogen and oxygen atoms in total. The van der Waals surface area contributed by atoms with Crippen molar-refractivity contribution >= 4 is 22.6 Å². The van der Waals surface area contributed by atoms with Crippen molar-refractivity contribution < 1.29 is 0 Å². The van der Waals surface area contributed by atoms with Gasteiger partial charge in [0.1, 0.15) is 5.82 Å². The van der Waals surface area contributed by atoms with Gasteiger partial charge in [0.2, 0.25) is 0 Å². The first-order chi connectivity index (χ1) is 10.2. The number of nitrogens with zero attached hydrogens (tertiary/aromatic N) is 3. The predicted molar refractivity (Wildman–Crippen MR) is 84.3 cm³/mol. The Kier molecular flexibility index (Phi) is 3.64. The van der Waals surface area contributed by atoms with E-state index in [1.54, 1.807) is 0 Å². The molecule has 0 fully saturated rings. The van der Waals surface area contributed by atoms with Crippen molar-refractivity contribution in [1.82, 2.24) is 9.55 Å². The number of para-hydroxylation sites is 1. The second kappa shape index (κ2) is 5.59. The molecule has 0 saturated carbocycles. The van der Waals surface area contributed by atoms with Gasteiger partial charge in [-0.25, -0.2) is 4.98 Å². The van der Waals surface area contributed by atoms with Crippen molar-refractivity contribution in [3.63, 3.8) is 0 Å². The molecule has 21 heavy (non-hydrogen) atoms. The highest BCUT2D eigenvalue weighted by Gasteiger charge is 2.11. The number of imidazole rings is 1. The highest BCUT2D eigenvalue weighted by molar-refractivity contribution is 6.16. The standard InChI is InChI=1S/C17H14ClN3/c1-12-4-2-7-15-17(12)20-16(9-18)21(15)11-14-6-3-5-13(8-14)10-19/h2-8H,9,11H2,1H3. The molecule has 0 spiro atoms. The molecule has 2 aromatic carbocycles. The number of nitriles is 1. The zero-order chi connectivity index (χ0) is 14.8. The van der Waals surface area contributed by atoms with Crippen LogP contribution in [-0.2, 0) is 12.4 Å². The Morgan fingerprint density at radius 2 is 2.05 bits per heavy atom. The summed E-state index contributed by atoms with van der Waals surface area (Å²) in [6.07, 6.45) is 0. The van der Waals surface area contributed by atoms with E-state index in [-0.39, 0.29) is 0 Å². The van der Waals surface area contributed by atoms with Gasteiger partial charge in [0.05, 0.1) is 28.5 Å². The molecule has 0 radical (unpaired) electrons. The molecule has 0 atom stereocenters. The summed E-state index contributed by atoms with van der Waals surface area (Å²) in [5, 5.41) is 9.01. The van der Waals surface area contributed by atoms with Crippen LogP contribution in [0.25, 0.3) is 11.0 Å². The number of hydrogen-bond acceptors (Lipinski definition) is 2. The van der Waals surface area contributed by atoms with Crippen LogP contribution < -0.4 is 0 Å². The van der Waals surface area contributed by atoms with Crippen LogP contribution in [0.15, 0.2) is 42.5 Å². The normalized spacial score (nSPS) is 10.7. The lowest BCUT2D eigenvalue weighted by atomic mass is 10.1. The van der Waals surface area contributed by atoms with Crippen molar-refractivity contribution in [2.75, 3.05) is 0 Å². The van der Waals surface area contributed by atoms with Crippen molar-refractivity contribution in [3.8, 4) is 6.07 Å². The van der Waals surface area contributed by atoms with Gasteiger partial charge < -0.3 is 4.57 Å². The summed E-state index contributed by atoms with van der Waals surface area (Å²) in [5.41, 5.74) is 4.95. The average molecular weight is 296 g/mol. The lowest BCUT2D eigenvalue weighted by Crippen LogP contribution is -2.04. The summed E-state index contributed by atoms with van der Waals surface area (Å²) in [5.74, 6) is 1.22. The van der Waals surface area contributed by atoms with E-state index in [1.165, 1.54) is 0 Å². The first-order valence-electron chi connectivity index (χ1n) is 6.72. The molecule has 0 unspecified atom stereocenters. The Morgan fingerprint density at radius 3 is 2.81 bits per heavy atom. The van der Waals surface area contributed by atoms with Crippen molar-refractivity contribution in [3.05, 3.63) is 65.0 Å². The van der Waals surface area contributed by atoms with Crippen LogP contribution in [0.3, 0.4) is 0 Å². The van der Waals surface area contributed by atoms with Crippen LogP contribution in [0, 0.1) is 18.3 Å². The third-order valence-electron chi connectivity index (χ3n) is 3.58. The minimum Gasteiger partial charge on any atom is -0.322 e. The number of fused-ring (bicyclic) bond motifs is 1. The fourth-order valence-corrected chi connectivity index (χ4v) is 2.74. The number of aryl methyl sites for hydroxylation is 1. The van der Waals surface area contributed by atoms with Gasteiger partial charge in [-0.05, 0) is 36.2 Å². The molecular formula is C17H14ClN3. The Hall–Kier alpha value is -2.31. The Morgan fingerprint density at radius 1 is 1.24 bits per heavy atom. The summed E-state index contributed by atoms with van der Waals surface area (Å²) in [6.45, 7) is 2.71. The molecule has 0 saturated heterocycles. The van der Waals surface area contributed by atoms with Crippen LogP contribution in [-0.4, -0.2) is 9.55 Å². The number of halogens is 1. The van der Waals surface area contributed by atoms with Crippen molar-refractivity contribution in [1.29, 1.82) is 5.26 Å². The third kappa shape index (κ3) is 2.51. The quantitative estimate of drug-likeness (QED) is 0.685. The van der Waals surface area contributed by atoms with Gasteiger partial charge in [0.25, 0.3) is 0 Å². The van der Waals surface area contributed by atoms with E-state index in [2.05, 4.69) is 21.7 Å². The maximum Gasteiger partial charge on any atom is 0.125 e. The lowest BCUT2D eigenvalue weighted by molar-refractivity contribution is 0.778. The molecule has 1 aromatic heterocycles. The second-order valence-corrected chi connectivity index (χ2v) is 5.27. The molecule has 0 N–H and O–H groups in total. The third-order valence-corrected chi connectivity index (χ3v) is 3.82. The van der Waals surface area contributed by atoms with Gasteiger partial charge in [-0.2, -0.15) is 5.26 Å². The fraction of sp³-hybridized carbons (Fsp3) is 0.176. The zero-order valence-corrected chi connectivity index (χ0v) is 12.4. The largest absolute Gasteiger partial charge is 0.322 e. The highest BCUT2D eigenvalue weighted by Crippen LogP contribution is 2.22. The molecule has 0 aliphatic heterocycles. The minimum absolute atomic E-state index is 0.367. The fourth-order valence-electron chi connectivity index (χ4n) is 2.54. The first-order valence-corrected chi connectivity index (χ1v) is 7.26. The van der Waals surface area contributed by atoms with Crippen LogP contribution in [0.4, 0.5) is 0 Å². The van der Waals surface area contributed by atoms with E-state index in [9.17, 15) is 0 Å². The zero-order valence-electron chi connectivity index (χ0n) is 11.7. The van der Waals surface area contributed by atoms with Gasteiger partial charge in [-0.3, -0.25) is 0 Å². The van der Waals surface area contributed by atoms with Crippen LogP contribution in [0.1, 0.15) is 22.5 Å². The van der Waals surface area contributed by atoms with Gasteiger partial charge >= 0.3 is 0 Å². The van der Waals surface area contributed by atoms with E-state index in [4.69, 9.17) is 16.9 Å². The lowest BCUT2D eigenvalue weighted by Gasteiger charge is -2.08. The van der Waals surface area contributed by atoms with Gasteiger partial charge in [-0.15, -0.1) is 11.6 Å². The summed E-state index contributed by atoms with van der Waals surface area (Å²) in [6, 6.07) is 15.9. The monoisotopic (exact) mass is 295 g/mol. The van der Waals surface area contributed by atoms with E-state index < -0.39 is 0 Å². The average Bonchev–Trinajstić information content (AvgIpc) is 2.87. The molecule has 0 bridgehead atoms. The molecule has 0 aliphatic rings. The van der Waals surface area contributed by atoms with E-state index >= 15 is 0 Å². The predicted octanol–water partition coefficient (Wildman–Crippen LogP) is 4.00. The van der Waals surface area contributed by atoms with Gasteiger partial charge in [0.15, 0.2) is 0 Å². The highest BCUT2D eigenvalue weighted by atomic mass is 35.5. The second-order valence-electron chi connectivity index (χ2n) is 5.00. The number of rotatable bonds is 3. The Labute approximate surface area is 128 Å². The first kappa shape index (κ1) is 13.7. The minimum atomic E-state index is 0.367. The Balaban J connectivity index is 2.11. The number of hydrogen-bond donors (Lipinski definition) is 0. The molecule has 0 amide bonds. The summed E-state index contributed by atoms with van der Waals surface area (Å²) in [7, 11) is 0. The van der Waals surface area contributed by atoms with Crippen molar-refractivity contribution in [2.24, 2.45) is 0 Å². The maximum absolute atomic E-state index is 9.01. The summed E-state index contributed by atoms with van der Waals surface area (Å²) in [4.78, 5) is 4.64. The molecule has 4 heteroatoms. The van der Waals surface area contributed by atoms with Gasteiger partial charge in [0, 0.05) is 6.54 Å². The maximum atomic E-state index is 9.01. The van der Waals surface area contributed by atoms with E-state index in [0.717, 1.165) is 28.0 Å². The van der Waals surface area contributed by atoms with Crippen LogP contribution in [0.2, 0.25) is 0 Å². The Bertz CT molecular complexity index is 843. The van der Waals surface area contributed by atoms with Gasteiger partial charge in [-0.1, -0.05) is 24.3 Å². The van der Waals surface area contributed by atoms with E-state index in [1.807, 2.05) is 43.3 Å². The van der Waals surface area contributed by atoms with Crippen LogP contribution in [0.5, 0.6) is 0 Å². The number of alkyl halides is 1.